The molecule has 1 aromatic rings. The van der Waals surface area contributed by atoms with Gasteiger partial charge in [-0.25, -0.2) is 9.59 Å². The standard InChI is InChI=1S/C21H28N2O5/c1-21(2)27-19(24)18(20(25)28-21)15-16-5-7-17(8-6-16)26-14-4-9-23-12-10-22(3)11-13-23/h5-8,15H,4,9-14H2,1-3H3. The molecule has 0 bridgehead atoms. The van der Waals surface area contributed by atoms with E-state index in [0.717, 1.165) is 44.9 Å². The third kappa shape index (κ3) is 5.56. The van der Waals surface area contributed by atoms with Gasteiger partial charge in [0, 0.05) is 46.6 Å². The first-order valence-electron chi connectivity index (χ1n) is 9.64. The van der Waals surface area contributed by atoms with Crippen molar-refractivity contribution in [2.75, 3.05) is 46.4 Å². The van der Waals surface area contributed by atoms with E-state index in [1.807, 2.05) is 12.1 Å². The first-order chi connectivity index (χ1) is 13.3. The minimum atomic E-state index is -1.23. The first kappa shape index (κ1) is 20.4. The lowest BCUT2D eigenvalue weighted by molar-refractivity contribution is -0.222. The molecular formula is C21H28N2O5. The topological polar surface area (TPSA) is 68.3 Å². The Labute approximate surface area is 165 Å². The van der Waals surface area contributed by atoms with Gasteiger partial charge in [0.15, 0.2) is 0 Å². The highest BCUT2D eigenvalue weighted by molar-refractivity contribution is 6.18. The Balaban J connectivity index is 1.47. The predicted molar refractivity (Wildman–Crippen MR) is 105 cm³/mol. The van der Waals surface area contributed by atoms with E-state index in [0.29, 0.717) is 12.2 Å². The molecule has 1 aromatic carbocycles. The van der Waals surface area contributed by atoms with Crippen molar-refractivity contribution in [1.82, 2.24) is 9.80 Å². The normalized spacial score (nSPS) is 20.5. The van der Waals surface area contributed by atoms with Gasteiger partial charge in [0.05, 0.1) is 6.61 Å². The van der Waals surface area contributed by atoms with Gasteiger partial charge in [-0.15, -0.1) is 0 Å². The molecule has 0 aliphatic carbocycles. The van der Waals surface area contributed by atoms with Gasteiger partial charge in [-0.3, -0.25) is 0 Å². The largest absolute Gasteiger partial charge is 0.494 e. The van der Waals surface area contributed by atoms with E-state index in [4.69, 9.17) is 14.2 Å². The second kappa shape index (κ2) is 8.75. The van der Waals surface area contributed by atoms with E-state index in [1.165, 1.54) is 19.9 Å². The molecule has 7 heteroatoms. The van der Waals surface area contributed by atoms with Gasteiger partial charge in [-0.05, 0) is 37.2 Å². The summed E-state index contributed by atoms with van der Waals surface area (Å²) in [6.07, 6.45) is 2.44. The van der Waals surface area contributed by atoms with Crippen molar-refractivity contribution in [1.29, 1.82) is 0 Å². The Kier molecular flexibility index (Phi) is 6.36. The molecule has 0 aromatic heterocycles. The molecule has 0 radical (unpaired) electrons. The van der Waals surface area contributed by atoms with Crippen LogP contribution in [-0.4, -0.2) is 73.9 Å². The van der Waals surface area contributed by atoms with Crippen LogP contribution in [0.4, 0.5) is 0 Å². The van der Waals surface area contributed by atoms with Crippen LogP contribution in [0, 0.1) is 0 Å². The van der Waals surface area contributed by atoms with Crippen molar-refractivity contribution in [2.45, 2.75) is 26.1 Å². The minimum Gasteiger partial charge on any atom is -0.494 e. The van der Waals surface area contributed by atoms with Crippen LogP contribution in [0.25, 0.3) is 6.08 Å². The molecule has 0 unspecified atom stereocenters. The summed E-state index contributed by atoms with van der Waals surface area (Å²) >= 11 is 0. The molecule has 152 valence electrons. The van der Waals surface area contributed by atoms with Gasteiger partial charge in [0.2, 0.25) is 0 Å². The molecule has 2 heterocycles. The molecule has 2 aliphatic heterocycles. The summed E-state index contributed by atoms with van der Waals surface area (Å²) in [4.78, 5) is 28.8. The van der Waals surface area contributed by atoms with Crippen LogP contribution >= 0.6 is 0 Å². The zero-order valence-electron chi connectivity index (χ0n) is 16.8. The number of carbonyl (C=O) groups excluding carboxylic acids is 2. The fourth-order valence-electron chi connectivity index (χ4n) is 3.16. The maximum Gasteiger partial charge on any atom is 0.348 e. The van der Waals surface area contributed by atoms with Crippen molar-refractivity contribution < 1.29 is 23.8 Å². The summed E-state index contributed by atoms with van der Waals surface area (Å²) in [7, 11) is 2.15. The fourth-order valence-corrected chi connectivity index (χ4v) is 3.16. The van der Waals surface area contributed by atoms with Crippen LogP contribution in [0.2, 0.25) is 0 Å². The van der Waals surface area contributed by atoms with Crippen molar-refractivity contribution in [3.05, 3.63) is 35.4 Å². The molecule has 2 fully saturated rings. The molecule has 0 N–H and O–H groups in total. The van der Waals surface area contributed by atoms with Gasteiger partial charge >= 0.3 is 11.9 Å². The fraction of sp³-hybridized carbons (Fsp3) is 0.524. The third-order valence-corrected chi connectivity index (χ3v) is 4.79. The van der Waals surface area contributed by atoms with Crippen LogP contribution in [0.3, 0.4) is 0 Å². The molecule has 28 heavy (non-hydrogen) atoms. The van der Waals surface area contributed by atoms with Gasteiger partial charge in [0.25, 0.3) is 5.79 Å². The number of likely N-dealkylation sites (N-methyl/N-ethyl adjacent to an activating group) is 1. The number of piperazine rings is 1. The maximum absolute atomic E-state index is 12.0. The second-order valence-corrected chi connectivity index (χ2v) is 7.65. The molecule has 0 spiro atoms. The van der Waals surface area contributed by atoms with Crippen LogP contribution in [0.1, 0.15) is 25.8 Å². The number of rotatable bonds is 6. The molecule has 0 saturated carbocycles. The van der Waals surface area contributed by atoms with E-state index in [1.54, 1.807) is 12.1 Å². The smallest absolute Gasteiger partial charge is 0.348 e. The molecule has 2 aliphatic rings. The van der Waals surface area contributed by atoms with Crippen LogP contribution in [0.5, 0.6) is 5.75 Å². The second-order valence-electron chi connectivity index (χ2n) is 7.65. The SMILES string of the molecule is CN1CCN(CCCOc2ccc(C=C3C(=O)OC(C)(C)OC3=O)cc2)CC1. The highest BCUT2D eigenvalue weighted by Gasteiger charge is 2.38. The van der Waals surface area contributed by atoms with Gasteiger partial charge < -0.3 is 24.0 Å². The molecule has 0 amide bonds. The van der Waals surface area contributed by atoms with E-state index in [-0.39, 0.29) is 5.57 Å². The summed E-state index contributed by atoms with van der Waals surface area (Å²) in [6, 6.07) is 7.24. The molecular weight excluding hydrogens is 360 g/mol. The Morgan fingerprint density at radius 1 is 1.04 bits per heavy atom. The van der Waals surface area contributed by atoms with Crippen LogP contribution < -0.4 is 4.74 Å². The average Bonchev–Trinajstić information content (AvgIpc) is 2.64. The molecule has 0 atom stereocenters. The van der Waals surface area contributed by atoms with Crippen LogP contribution in [0.15, 0.2) is 29.8 Å². The Bertz CT molecular complexity index is 712. The van der Waals surface area contributed by atoms with Crippen molar-refractivity contribution >= 4 is 18.0 Å². The summed E-state index contributed by atoms with van der Waals surface area (Å²) in [5.41, 5.74) is 0.591. The molecule has 3 rings (SSSR count). The number of nitrogens with zero attached hydrogens (tertiary/aromatic N) is 2. The van der Waals surface area contributed by atoms with Crippen molar-refractivity contribution in [2.24, 2.45) is 0 Å². The number of hydrogen-bond donors (Lipinski definition) is 0. The van der Waals surface area contributed by atoms with Crippen LogP contribution in [-0.2, 0) is 19.1 Å². The summed E-state index contributed by atoms with van der Waals surface area (Å²) in [5, 5.41) is 0. The van der Waals surface area contributed by atoms with Crippen molar-refractivity contribution in [3.63, 3.8) is 0 Å². The first-order valence-corrected chi connectivity index (χ1v) is 9.64. The zero-order valence-corrected chi connectivity index (χ0v) is 16.8. The maximum atomic E-state index is 12.0. The van der Waals surface area contributed by atoms with Gasteiger partial charge in [-0.2, -0.15) is 0 Å². The summed E-state index contributed by atoms with van der Waals surface area (Å²) < 4.78 is 16.0. The van der Waals surface area contributed by atoms with E-state index < -0.39 is 17.7 Å². The number of cyclic esters (lactones) is 2. The van der Waals surface area contributed by atoms with Gasteiger partial charge in [0.1, 0.15) is 11.3 Å². The lowest BCUT2D eigenvalue weighted by atomic mass is 10.1. The lowest BCUT2D eigenvalue weighted by Crippen LogP contribution is -2.44. The van der Waals surface area contributed by atoms with Crippen molar-refractivity contribution in [3.8, 4) is 5.75 Å². The zero-order chi connectivity index (χ0) is 20.1. The Hall–Kier alpha value is -2.38. The van der Waals surface area contributed by atoms with Gasteiger partial charge in [-0.1, -0.05) is 12.1 Å². The number of ether oxygens (including phenoxy) is 3. The number of esters is 2. The predicted octanol–water partition coefficient (Wildman–Crippen LogP) is 1.92. The number of hydrogen-bond acceptors (Lipinski definition) is 7. The molecule has 7 nitrogen and oxygen atoms in total. The minimum absolute atomic E-state index is 0.111. The Morgan fingerprint density at radius 2 is 1.64 bits per heavy atom. The average molecular weight is 388 g/mol. The van der Waals surface area contributed by atoms with E-state index >= 15 is 0 Å². The third-order valence-electron chi connectivity index (χ3n) is 4.79. The number of carbonyl (C=O) groups is 2. The monoisotopic (exact) mass is 388 g/mol. The Morgan fingerprint density at radius 3 is 2.25 bits per heavy atom. The lowest BCUT2D eigenvalue weighted by Gasteiger charge is -2.32. The summed E-state index contributed by atoms with van der Waals surface area (Å²) in [5.74, 6) is -1.82. The van der Waals surface area contributed by atoms with E-state index in [9.17, 15) is 9.59 Å². The van der Waals surface area contributed by atoms with E-state index in [2.05, 4.69) is 16.8 Å². The molecule has 2 saturated heterocycles. The number of benzene rings is 1. The highest BCUT2D eigenvalue weighted by atomic mass is 16.7. The highest BCUT2D eigenvalue weighted by Crippen LogP contribution is 2.24. The quantitative estimate of drug-likeness (QED) is 0.319. The summed E-state index contributed by atoms with van der Waals surface area (Å²) in [6.45, 7) is 9.21.